The quantitative estimate of drug-likeness (QED) is 0.279. The maximum atomic E-state index is 13.8. The molecule has 0 radical (unpaired) electrons. The molecule has 0 unspecified atom stereocenters. The molecular formula is C15H11BrFN3O4. The van der Waals surface area contributed by atoms with Crippen LogP contribution in [-0.2, 0) is 4.74 Å². The maximum Gasteiger partial charge on any atom is 0.337 e. The molecule has 0 aliphatic heterocycles. The molecule has 2 aromatic rings. The van der Waals surface area contributed by atoms with Crippen molar-refractivity contribution in [1.82, 2.24) is 0 Å². The number of anilines is 1. The van der Waals surface area contributed by atoms with Gasteiger partial charge in [0.1, 0.15) is 0 Å². The lowest BCUT2D eigenvalue weighted by atomic mass is 10.1. The maximum absolute atomic E-state index is 13.8. The number of aliphatic imine (C=N–C) groups is 1. The number of nitrogens with zero attached hydrogens (tertiary/aromatic N) is 2. The number of carbonyl (C=O) groups is 1. The zero-order valence-corrected chi connectivity index (χ0v) is 13.9. The van der Waals surface area contributed by atoms with Gasteiger partial charge in [-0.3, -0.25) is 15.1 Å². The Balaban J connectivity index is 2.40. The van der Waals surface area contributed by atoms with Crippen LogP contribution in [0.15, 0.2) is 39.8 Å². The Morgan fingerprint density at radius 3 is 2.71 bits per heavy atom. The van der Waals surface area contributed by atoms with E-state index in [0.29, 0.717) is 15.7 Å². The van der Waals surface area contributed by atoms with Crippen molar-refractivity contribution in [2.75, 3.05) is 12.8 Å². The highest BCUT2D eigenvalue weighted by Crippen LogP contribution is 2.27. The molecule has 0 spiro atoms. The average molecular weight is 396 g/mol. The third-order valence-corrected chi connectivity index (χ3v) is 3.72. The molecule has 0 aliphatic carbocycles. The van der Waals surface area contributed by atoms with E-state index in [1.54, 1.807) is 0 Å². The van der Waals surface area contributed by atoms with E-state index >= 15 is 0 Å². The number of hydrogen-bond donors (Lipinski definition) is 1. The largest absolute Gasteiger partial charge is 0.465 e. The number of rotatable bonds is 4. The second kappa shape index (κ2) is 7.18. The Hall–Kier alpha value is -2.81. The van der Waals surface area contributed by atoms with Crippen LogP contribution in [-0.4, -0.2) is 24.2 Å². The highest BCUT2D eigenvalue weighted by atomic mass is 79.9. The summed E-state index contributed by atoms with van der Waals surface area (Å²) in [4.78, 5) is 25.4. The molecule has 0 aliphatic rings. The Labute approximate surface area is 144 Å². The Kier molecular flexibility index (Phi) is 5.24. The second-order valence-electron chi connectivity index (χ2n) is 4.60. The molecule has 0 amide bonds. The fraction of sp³-hybridized carbons (Fsp3) is 0.0667. The van der Waals surface area contributed by atoms with Gasteiger partial charge in [-0.1, -0.05) is 0 Å². The molecular weight excluding hydrogens is 385 g/mol. The Morgan fingerprint density at radius 1 is 1.42 bits per heavy atom. The molecule has 0 aromatic heterocycles. The summed E-state index contributed by atoms with van der Waals surface area (Å²) < 4.78 is 18.9. The third kappa shape index (κ3) is 3.74. The number of nitro benzene ring substituents is 1. The van der Waals surface area contributed by atoms with Crippen LogP contribution in [0, 0.1) is 15.9 Å². The minimum atomic E-state index is -0.845. The van der Waals surface area contributed by atoms with Gasteiger partial charge in [0.2, 0.25) is 0 Å². The minimum Gasteiger partial charge on any atom is -0.465 e. The Bertz CT molecular complexity index is 855. The second-order valence-corrected chi connectivity index (χ2v) is 5.46. The van der Waals surface area contributed by atoms with Crippen molar-refractivity contribution in [2.45, 2.75) is 0 Å². The highest BCUT2D eigenvalue weighted by Gasteiger charge is 2.12. The van der Waals surface area contributed by atoms with E-state index in [2.05, 4.69) is 25.7 Å². The van der Waals surface area contributed by atoms with Crippen molar-refractivity contribution in [3.05, 3.63) is 61.9 Å². The first kappa shape index (κ1) is 17.5. The van der Waals surface area contributed by atoms with E-state index in [4.69, 9.17) is 5.73 Å². The zero-order valence-electron chi connectivity index (χ0n) is 12.3. The number of nitro groups is 1. The van der Waals surface area contributed by atoms with Crippen LogP contribution in [0.3, 0.4) is 0 Å². The topological polar surface area (TPSA) is 108 Å². The number of benzene rings is 2. The standard InChI is InChI=1S/C15H11BrFN3O4/c1-24-15(21)8-4-9(14(18)11(16)5-8)7-19-13-3-2-10(20(22)23)6-12(13)17/h2-7H,18H2,1H3. The number of nitrogens with two attached hydrogens (primary N) is 1. The third-order valence-electron chi connectivity index (χ3n) is 3.07. The van der Waals surface area contributed by atoms with Crippen LogP contribution >= 0.6 is 15.9 Å². The number of ether oxygens (including phenoxy) is 1. The summed E-state index contributed by atoms with van der Waals surface area (Å²) in [7, 11) is 1.24. The number of hydrogen-bond acceptors (Lipinski definition) is 6. The first-order chi connectivity index (χ1) is 11.3. The summed E-state index contributed by atoms with van der Waals surface area (Å²) in [5.74, 6) is -1.41. The average Bonchev–Trinajstić information content (AvgIpc) is 2.55. The Morgan fingerprint density at radius 2 is 2.12 bits per heavy atom. The monoisotopic (exact) mass is 395 g/mol. The minimum absolute atomic E-state index is 0.0976. The molecule has 0 fully saturated rings. The first-order valence-electron chi connectivity index (χ1n) is 6.49. The fourth-order valence-electron chi connectivity index (χ4n) is 1.83. The van der Waals surface area contributed by atoms with Gasteiger partial charge < -0.3 is 10.5 Å². The van der Waals surface area contributed by atoms with Gasteiger partial charge in [0.25, 0.3) is 5.69 Å². The van der Waals surface area contributed by atoms with Gasteiger partial charge in [0.05, 0.1) is 35.0 Å². The van der Waals surface area contributed by atoms with Crippen molar-refractivity contribution in [3.63, 3.8) is 0 Å². The van der Waals surface area contributed by atoms with Crippen LogP contribution in [0.2, 0.25) is 0 Å². The number of methoxy groups -OCH3 is 1. The summed E-state index contributed by atoms with van der Waals surface area (Å²) in [6, 6.07) is 6.03. The van der Waals surface area contributed by atoms with E-state index in [1.807, 2.05) is 0 Å². The van der Waals surface area contributed by atoms with Crippen molar-refractivity contribution >= 4 is 45.2 Å². The number of nitrogen functional groups attached to an aromatic ring is 1. The lowest BCUT2D eigenvalue weighted by Crippen LogP contribution is -2.04. The van der Waals surface area contributed by atoms with E-state index in [9.17, 15) is 19.3 Å². The van der Waals surface area contributed by atoms with Crippen molar-refractivity contribution in [1.29, 1.82) is 0 Å². The van der Waals surface area contributed by atoms with Gasteiger partial charge >= 0.3 is 5.97 Å². The molecule has 2 N–H and O–H groups in total. The smallest absolute Gasteiger partial charge is 0.337 e. The molecule has 2 aromatic carbocycles. The first-order valence-corrected chi connectivity index (χ1v) is 7.28. The summed E-state index contributed by atoms with van der Waals surface area (Å²) in [5.41, 5.74) is 6.32. The number of halogens is 2. The SMILES string of the molecule is COC(=O)c1cc(Br)c(N)c(C=Nc2ccc([N+](=O)[O-])cc2F)c1. The molecule has 9 heteroatoms. The van der Waals surface area contributed by atoms with Gasteiger partial charge in [-0.15, -0.1) is 0 Å². The summed E-state index contributed by atoms with van der Waals surface area (Å²) in [5, 5.41) is 10.6. The number of carbonyl (C=O) groups excluding carboxylic acids is 1. The highest BCUT2D eigenvalue weighted by molar-refractivity contribution is 9.10. The number of non-ortho nitro benzene ring substituents is 1. The molecule has 7 nitrogen and oxygen atoms in total. The fourth-order valence-corrected chi connectivity index (χ4v) is 2.31. The molecule has 0 atom stereocenters. The predicted octanol–water partition coefficient (Wildman–Crippen LogP) is 3.62. The summed E-state index contributed by atoms with van der Waals surface area (Å²) in [6.45, 7) is 0. The van der Waals surface area contributed by atoms with Gasteiger partial charge in [-0.2, -0.15) is 0 Å². The molecule has 0 saturated heterocycles. The van der Waals surface area contributed by atoms with Gasteiger partial charge in [0.15, 0.2) is 5.82 Å². The molecule has 24 heavy (non-hydrogen) atoms. The predicted molar refractivity (Wildman–Crippen MR) is 90.2 cm³/mol. The normalized spacial score (nSPS) is 10.8. The number of esters is 1. The van der Waals surface area contributed by atoms with Gasteiger partial charge in [-0.05, 0) is 34.1 Å². The van der Waals surface area contributed by atoms with Gasteiger partial charge in [0, 0.05) is 22.3 Å². The van der Waals surface area contributed by atoms with Crippen LogP contribution in [0.1, 0.15) is 15.9 Å². The van der Waals surface area contributed by atoms with E-state index < -0.39 is 16.7 Å². The van der Waals surface area contributed by atoms with E-state index in [0.717, 1.165) is 12.1 Å². The van der Waals surface area contributed by atoms with Crippen LogP contribution in [0.4, 0.5) is 21.5 Å². The molecule has 124 valence electrons. The van der Waals surface area contributed by atoms with Crippen LogP contribution in [0.25, 0.3) is 0 Å². The molecule has 0 heterocycles. The molecule has 0 saturated carbocycles. The molecule has 0 bridgehead atoms. The summed E-state index contributed by atoms with van der Waals surface area (Å²) >= 11 is 3.22. The molecule has 2 rings (SSSR count). The van der Waals surface area contributed by atoms with Crippen LogP contribution in [0.5, 0.6) is 0 Å². The van der Waals surface area contributed by atoms with E-state index in [-0.39, 0.29) is 16.9 Å². The van der Waals surface area contributed by atoms with Crippen LogP contribution < -0.4 is 5.73 Å². The van der Waals surface area contributed by atoms with Gasteiger partial charge in [-0.25, -0.2) is 9.18 Å². The summed E-state index contributed by atoms with van der Waals surface area (Å²) in [6.07, 6.45) is 1.26. The zero-order chi connectivity index (χ0) is 17.9. The lowest BCUT2D eigenvalue weighted by Gasteiger charge is -2.07. The van der Waals surface area contributed by atoms with E-state index in [1.165, 1.54) is 31.5 Å². The van der Waals surface area contributed by atoms with Crippen molar-refractivity contribution in [2.24, 2.45) is 4.99 Å². The van der Waals surface area contributed by atoms with Crippen molar-refractivity contribution < 1.29 is 18.8 Å². The lowest BCUT2D eigenvalue weighted by molar-refractivity contribution is -0.385. The van der Waals surface area contributed by atoms with Crippen molar-refractivity contribution in [3.8, 4) is 0 Å².